The number of hydrogen-bond donors (Lipinski definition) is 2. The van der Waals surface area contributed by atoms with Gasteiger partial charge in [0.05, 0.1) is 18.0 Å². The summed E-state index contributed by atoms with van der Waals surface area (Å²) in [6.45, 7) is 1.99. The van der Waals surface area contributed by atoms with E-state index < -0.39 is 6.10 Å². The van der Waals surface area contributed by atoms with Gasteiger partial charge in [-0.25, -0.2) is 9.07 Å². The molecule has 0 aliphatic carbocycles. The standard InChI is InChI=1S/C12H14FN3O/c1-8-11(12(17)6-14)7-15-16(8)10-4-2-9(13)3-5-10/h2-5,7,12,17H,6,14H2,1H3. The third-order valence-corrected chi connectivity index (χ3v) is 2.70. The molecule has 0 spiro atoms. The van der Waals surface area contributed by atoms with Gasteiger partial charge >= 0.3 is 0 Å². The lowest BCUT2D eigenvalue weighted by Gasteiger charge is -2.08. The van der Waals surface area contributed by atoms with Crippen LogP contribution in [0.1, 0.15) is 17.4 Å². The Bertz CT molecular complexity index is 507. The van der Waals surface area contributed by atoms with E-state index in [0.717, 1.165) is 11.4 Å². The Hall–Kier alpha value is -1.72. The molecule has 90 valence electrons. The number of halogens is 1. The number of aliphatic hydroxyl groups excluding tert-OH is 1. The molecular weight excluding hydrogens is 221 g/mol. The van der Waals surface area contributed by atoms with Crippen molar-refractivity contribution in [2.45, 2.75) is 13.0 Å². The molecule has 2 aromatic rings. The number of nitrogens with zero attached hydrogens (tertiary/aromatic N) is 2. The van der Waals surface area contributed by atoms with E-state index >= 15 is 0 Å². The molecule has 1 unspecified atom stereocenters. The Morgan fingerprint density at radius 1 is 1.41 bits per heavy atom. The molecule has 4 nitrogen and oxygen atoms in total. The van der Waals surface area contributed by atoms with E-state index in [2.05, 4.69) is 5.10 Å². The summed E-state index contributed by atoms with van der Waals surface area (Å²) in [6, 6.07) is 6.01. The molecule has 1 atom stereocenters. The van der Waals surface area contributed by atoms with E-state index in [4.69, 9.17) is 5.73 Å². The van der Waals surface area contributed by atoms with Gasteiger partial charge in [-0.05, 0) is 31.2 Å². The molecule has 0 saturated heterocycles. The molecule has 0 saturated carbocycles. The van der Waals surface area contributed by atoms with Crippen LogP contribution in [0.2, 0.25) is 0 Å². The minimum Gasteiger partial charge on any atom is -0.387 e. The number of aromatic nitrogens is 2. The summed E-state index contributed by atoms with van der Waals surface area (Å²) in [5, 5.41) is 13.8. The minimum absolute atomic E-state index is 0.149. The van der Waals surface area contributed by atoms with Crippen LogP contribution in [0.25, 0.3) is 5.69 Å². The first-order valence-electron chi connectivity index (χ1n) is 5.32. The maximum Gasteiger partial charge on any atom is 0.123 e. The Morgan fingerprint density at radius 3 is 2.65 bits per heavy atom. The largest absolute Gasteiger partial charge is 0.387 e. The predicted octanol–water partition coefficient (Wildman–Crippen LogP) is 1.31. The van der Waals surface area contributed by atoms with Crippen molar-refractivity contribution in [1.82, 2.24) is 9.78 Å². The van der Waals surface area contributed by atoms with Gasteiger partial charge in [0.1, 0.15) is 5.82 Å². The van der Waals surface area contributed by atoms with Crippen LogP contribution in [0.5, 0.6) is 0 Å². The molecular formula is C12H14FN3O. The van der Waals surface area contributed by atoms with Gasteiger partial charge in [-0.1, -0.05) is 0 Å². The topological polar surface area (TPSA) is 64.1 Å². The first-order chi connectivity index (χ1) is 8.13. The molecule has 0 amide bonds. The monoisotopic (exact) mass is 235 g/mol. The molecule has 1 aromatic heterocycles. The molecule has 17 heavy (non-hydrogen) atoms. The predicted molar refractivity (Wildman–Crippen MR) is 62.3 cm³/mol. The average Bonchev–Trinajstić information content (AvgIpc) is 2.71. The Labute approximate surface area is 98.5 Å². The fourth-order valence-corrected chi connectivity index (χ4v) is 1.72. The first-order valence-corrected chi connectivity index (χ1v) is 5.32. The zero-order valence-corrected chi connectivity index (χ0v) is 9.47. The van der Waals surface area contributed by atoms with Crippen LogP contribution in [0, 0.1) is 12.7 Å². The molecule has 5 heteroatoms. The highest BCUT2D eigenvalue weighted by atomic mass is 19.1. The normalized spacial score (nSPS) is 12.7. The van der Waals surface area contributed by atoms with Crippen LogP contribution < -0.4 is 5.73 Å². The molecule has 1 heterocycles. The highest BCUT2D eigenvalue weighted by molar-refractivity contribution is 5.35. The maximum absolute atomic E-state index is 12.8. The smallest absolute Gasteiger partial charge is 0.123 e. The summed E-state index contributed by atoms with van der Waals surface area (Å²) in [7, 11) is 0. The van der Waals surface area contributed by atoms with Gasteiger partial charge in [0.2, 0.25) is 0 Å². The van der Waals surface area contributed by atoms with Crippen LogP contribution in [0.3, 0.4) is 0 Å². The summed E-state index contributed by atoms with van der Waals surface area (Å²) in [5.41, 5.74) is 7.65. The van der Waals surface area contributed by atoms with Gasteiger partial charge in [-0.15, -0.1) is 0 Å². The first kappa shape index (κ1) is 11.8. The van der Waals surface area contributed by atoms with E-state index in [0.29, 0.717) is 5.56 Å². The zero-order valence-electron chi connectivity index (χ0n) is 9.47. The summed E-state index contributed by atoms with van der Waals surface area (Å²) >= 11 is 0. The Balaban J connectivity index is 2.40. The lowest BCUT2D eigenvalue weighted by atomic mass is 10.1. The van der Waals surface area contributed by atoms with Gasteiger partial charge in [-0.3, -0.25) is 0 Å². The molecule has 0 fully saturated rings. The maximum atomic E-state index is 12.8. The number of aliphatic hydroxyl groups is 1. The van der Waals surface area contributed by atoms with Crippen molar-refractivity contribution in [3.05, 3.63) is 47.5 Å². The van der Waals surface area contributed by atoms with Crippen molar-refractivity contribution in [2.24, 2.45) is 5.73 Å². The van der Waals surface area contributed by atoms with Crippen LogP contribution in [-0.2, 0) is 0 Å². The Kier molecular flexibility index (Phi) is 3.21. The minimum atomic E-state index is -0.718. The van der Waals surface area contributed by atoms with E-state index in [-0.39, 0.29) is 12.4 Å². The molecule has 1 aromatic carbocycles. The number of nitrogens with two attached hydrogens (primary N) is 1. The van der Waals surface area contributed by atoms with Gasteiger partial charge in [-0.2, -0.15) is 5.10 Å². The molecule has 0 bridgehead atoms. The SMILES string of the molecule is Cc1c(C(O)CN)cnn1-c1ccc(F)cc1. The molecule has 3 N–H and O–H groups in total. The van der Waals surface area contributed by atoms with Crippen LogP contribution in [0.15, 0.2) is 30.5 Å². The quantitative estimate of drug-likeness (QED) is 0.843. The zero-order chi connectivity index (χ0) is 12.4. The second kappa shape index (κ2) is 4.65. The average molecular weight is 235 g/mol. The molecule has 0 aliphatic heterocycles. The van der Waals surface area contributed by atoms with Crippen molar-refractivity contribution < 1.29 is 9.50 Å². The summed E-state index contributed by atoms with van der Waals surface area (Å²) in [6.07, 6.45) is 0.861. The highest BCUT2D eigenvalue weighted by Gasteiger charge is 2.14. The lowest BCUT2D eigenvalue weighted by Crippen LogP contribution is -2.12. The molecule has 2 rings (SSSR count). The number of hydrogen-bond acceptors (Lipinski definition) is 3. The summed E-state index contributed by atoms with van der Waals surface area (Å²) < 4.78 is 14.5. The Morgan fingerprint density at radius 2 is 2.06 bits per heavy atom. The summed E-state index contributed by atoms with van der Waals surface area (Å²) in [5.74, 6) is -0.291. The van der Waals surface area contributed by atoms with E-state index in [1.807, 2.05) is 6.92 Å². The number of rotatable bonds is 3. The van der Waals surface area contributed by atoms with Crippen LogP contribution in [-0.4, -0.2) is 21.4 Å². The van der Waals surface area contributed by atoms with Gasteiger partial charge in [0.15, 0.2) is 0 Å². The highest BCUT2D eigenvalue weighted by Crippen LogP contribution is 2.19. The van der Waals surface area contributed by atoms with E-state index in [9.17, 15) is 9.50 Å². The second-order valence-corrected chi connectivity index (χ2v) is 3.83. The van der Waals surface area contributed by atoms with Gasteiger partial charge in [0.25, 0.3) is 0 Å². The van der Waals surface area contributed by atoms with E-state index in [1.54, 1.807) is 23.0 Å². The van der Waals surface area contributed by atoms with Crippen LogP contribution >= 0.6 is 0 Å². The van der Waals surface area contributed by atoms with Gasteiger partial charge in [0, 0.05) is 17.8 Å². The third-order valence-electron chi connectivity index (χ3n) is 2.70. The number of benzene rings is 1. The second-order valence-electron chi connectivity index (χ2n) is 3.83. The lowest BCUT2D eigenvalue weighted by molar-refractivity contribution is 0.186. The molecule has 0 aliphatic rings. The fourth-order valence-electron chi connectivity index (χ4n) is 1.72. The van der Waals surface area contributed by atoms with Crippen molar-refractivity contribution in [3.63, 3.8) is 0 Å². The van der Waals surface area contributed by atoms with Crippen molar-refractivity contribution in [2.75, 3.05) is 6.54 Å². The van der Waals surface area contributed by atoms with Crippen molar-refractivity contribution in [1.29, 1.82) is 0 Å². The van der Waals surface area contributed by atoms with E-state index in [1.165, 1.54) is 12.1 Å². The third kappa shape index (κ3) is 2.20. The van der Waals surface area contributed by atoms with Crippen LogP contribution in [0.4, 0.5) is 4.39 Å². The van der Waals surface area contributed by atoms with Crippen molar-refractivity contribution >= 4 is 0 Å². The van der Waals surface area contributed by atoms with Crippen molar-refractivity contribution in [3.8, 4) is 5.69 Å². The van der Waals surface area contributed by atoms with Gasteiger partial charge < -0.3 is 10.8 Å². The fraction of sp³-hybridized carbons (Fsp3) is 0.250. The molecule has 0 radical (unpaired) electrons. The summed E-state index contributed by atoms with van der Waals surface area (Å²) in [4.78, 5) is 0.